The third kappa shape index (κ3) is 2.28. The van der Waals surface area contributed by atoms with Crippen molar-refractivity contribution in [1.29, 1.82) is 0 Å². The normalized spacial score (nSPS) is 24.6. The lowest BCUT2D eigenvalue weighted by Gasteiger charge is -2.11. The van der Waals surface area contributed by atoms with Crippen molar-refractivity contribution in [2.45, 2.75) is 19.4 Å². The molecule has 4 heteroatoms. The summed E-state index contributed by atoms with van der Waals surface area (Å²) in [5.41, 5.74) is 2.35. The molecule has 16 heavy (non-hydrogen) atoms. The second-order valence-electron chi connectivity index (χ2n) is 4.24. The molecule has 2 rings (SSSR count). The molecule has 0 bridgehead atoms. The Morgan fingerprint density at radius 3 is 2.88 bits per heavy atom. The predicted molar refractivity (Wildman–Crippen MR) is 65.4 cm³/mol. The van der Waals surface area contributed by atoms with Crippen LogP contribution in [0.5, 0.6) is 0 Å². The highest BCUT2D eigenvalue weighted by Gasteiger charge is 2.30. The summed E-state index contributed by atoms with van der Waals surface area (Å²) in [5.74, 6) is -0.966. The predicted octanol–water partition coefficient (Wildman–Crippen LogP) is 2.49. The van der Waals surface area contributed by atoms with Gasteiger partial charge in [0.25, 0.3) is 0 Å². The van der Waals surface area contributed by atoms with E-state index in [2.05, 4.69) is 39.4 Å². The molecule has 2 unspecified atom stereocenters. The highest BCUT2D eigenvalue weighted by molar-refractivity contribution is 9.10. The molecule has 2 N–H and O–H groups in total. The van der Waals surface area contributed by atoms with Crippen molar-refractivity contribution in [2.24, 2.45) is 5.92 Å². The Labute approximate surface area is 103 Å². The van der Waals surface area contributed by atoms with Crippen LogP contribution in [0, 0.1) is 12.8 Å². The Kier molecular flexibility index (Phi) is 3.30. The van der Waals surface area contributed by atoms with Gasteiger partial charge in [0, 0.05) is 17.1 Å². The molecule has 0 saturated carbocycles. The standard InChI is InChI=1S/C12H14BrNO2/c1-7-2-3-8(4-10(7)13)11-5-9(6-14-11)12(15)16/h2-4,9,11,14H,5-6H2,1H3,(H,15,16). The third-order valence-electron chi connectivity index (χ3n) is 3.08. The fraction of sp³-hybridized carbons (Fsp3) is 0.417. The Balaban J connectivity index is 2.14. The summed E-state index contributed by atoms with van der Waals surface area (Å²) in [5, 5.41) is 12.2. The Bertz CT molecular complexity index is 419. The minimum absolute atomic E-state index is 0.165. The van der Waals surface area contributed by atoms with Gasteiger partial charge in [-0.05, 0) is 30.5 Å². The molecule has 1 fully saturated rings. The van der Waals surface area contributed by atoms with Gasteiger partial charge in [0.15, 0.2) is 0 Å². The maximum atomic E-state index is 10.9. The molecule has 3 nitrogen and oxygen atoms in total. The molecule has 2 atom stereocenters. The zero-order chi connectivity index (χ0) is 11.7. The first-order valence-corrected chi connectivity index (χ1v) is 6.09. The van der Waals surface area contributed by atoms with E-state index in [0.717, 1.165) is 10.0 Å². The van der Waals surface area contributed by atoms with Gasteiger partial charge in [-0.1, -0.05) is 28.1 Å². The minimum atomic E-state index is -0.707. The summed E-state index contributed by atoms with van der Waals surface area (Å²) in [6, 6.07) is 6.34. The first-order valence-electron chi connectivity index (χ1n) is 5.30. The molecule has 1 aromatic carbocycles. The molecular weight excluding hydrogens is 270 g/mol. The number of halogens is 1. The topological polar surface area (TPSA) is 49.3 Å². The third-order valence-corrected chi connectivity index (χ3v) is 3.93. The highest BCUT2D eigenvalue weighted by atomic mass is 79.9. The van der Waals surface area contributed by atoms with Crippen LogP contribution >= 0.6 is 15.9 Å². The zero-order valence-corrected chi connectivity index (χ0v) is 10.6. The molecule has 1 aliphatic rings. The lowest BCUT2D eigenvalue weighted by Crippen LogP contribution is -2.17. The number of hydrogen-bond acceptors (Lipinski definition) is 2. The van der Waals surface area contributed by atoms with E-state index in [0.29, 0.717) is 13.0 Å². The number of rotatable bonds is 2. The Morgan fingerprint density at radius 1 is 1.56 bits per heavy atom. The summed E-state index contributed by atoms with van der Waals surface area (Å²) in [7, 11) is 0. The maximum Gasteiger partial charge on any atom is 0.307 e. The van der Waals surface area contributed by atoms with E-state index in [1.165, 1.54) is 5.56 Å². The van der Waals surface area contributed by atoms with Crippen LogP contribution in [-0.2, 0) is 4.79 Å². The molecule has 1 aromatic rings. The minimum Gasteiger partial charge on any atom is -0.481 e. The van der Waals surface area contributed by atoms with Crippen molar-refractivity contribution < 1.29 is 9.90 Å². The van der Waals surface area contributed by atoms with Crippen LogP contribution in [0.25, 0.3) is 0 Å². The van der Waals surface area contributed by atoms with Gasteiger partial charge in [-0.3, -0.25) is 4.79 Å². The summed E-state index contributed by atoms with van der Waals surface area (Å²) in [4.78, 5) is 10.9. The number of aliphatic carboxylic acids is 1. The quantitative estimate of drug-likeness (QED) is 0.877. The van der Waals surface area contributed by atoms with Gasteiger partial charge < -0.3 is 10.4 Å². The molecule has 1 saturated heterocycles. The highest BCUT2D eigenvalue weighted by Crippen LogP contribution is 2.29. The number of aryl methyl sites for hydroxylation is 1. The number of carbonyl (C=O) groups is 1. The molecule has 0 aromatic heterocycles. The van der Waals surface area contributed by atoms with Crippen LogP contribution in [0.2, 0.25) is 0 Å². The van der Waals surface area contributed by atoms with Crippen molar-refractivity contribution in [3.63, 3.8) is 0 Å². The van der Waals surface area contributed by atoms with E-state index >= 15 is 0 Å². The van der Waals surface area contributed by atoms with Crippen molar-refractivity contribution in [1.82, 2.24) is 5.32 Å². The van der Waals surface area contributed by atoms with Gasteiger partial charge in [-0.2, -0.15) is 0 Å². The molecule has 0 radical (unpaired) electrons. The van der Waals surface area contributed by atoms with E-state index in [1.54, 1.807) is 0 Å². The van der Waals surface area contributed by atoms with Crippen molar-refractivity contribution >= 4 is 21.9 Å². The largest absolute Gasteiger partial charge is 0.481 e. The van der Waals surface area contributed by atoms with E-state index < -0.39 is 5.97 Å². The van der Waals surface area contributed by atoms with Crippen LogP contribution in [0.3, 0.4) is 0 Å². The van der Waals surface area contributed by atoms with Crippen molar-refractivity contribution in [2.75, 3.05) is 6.54 Å². The van der Waals surface area contributed by atoms with E-state index in [4.69, 9.17) is 5.11 Å². The molecular formula is C12H14BrNO2. The smallest absolute Gasteiger partial charge is 0.307 e. The van der Waals surface area contributed by atoms with E-state index in [9.17, 15) is 4.79 Å². The average Bonchev–Trinajstić information content (AvgIpc) is 2.71. The lowest BCUT2D eigenvalue weighted by molar-refractivity contribution is -0.141. The first-order chi connectivity index (χ1) is 7.58. The second-order valence-corrected chi connectivity index (χ2v) is 5.09. The van der Waals surface area contributed by atoms with E-state index in [-0.39, 0.29) is 12.0 Å². The van der Waals surface area contributed by atoms with Crippen LogP contribution in [0.1, 0.15) is 23.6 Å². The lowest BCUT2D eigenvalue weighted by atomic mass is 9.99. The van der Waals surface area contributed by atoms with Gasteiger partial charge in [0.1, 0.15) is 0 Å². The summed E-state index contributed by atoms with van der Waals surface area (Å²) in [6.45, 7) is 2.60. The molecule has 86 valence electrons. The SMILES string of the molecule is Cc1ccc(C2CC(C(=O)O)CN2)cc1Br. The molecule has 0 aliphatic carbocycles. The Hall–Kier alpha value is -0.870. The molecule has 1 heterocycles. The van der Waals surface area contributed by atoms with Crippen LogP contribution < -0.4 is 5.32 Å². The average molecular weight is 284 g/mol. The number of benzene rings is 1. The first kappa shape index (κ1) is 11.6. The number of hydrogen-bond donors (Lipinski definition) is 2. The Morgan fingerprint density at radius 2 is 2.31 bits per heavy atom. The number of carboxylic acid groups (broad SMARTS) is 1. The summed E-state index contributed by atoms with van der Waals surface area (Å²) < 4.78 is 1.07. The molecule has 0 amide bonds. The second kappa shape index (κ2) is 4.55. The zero-order valence-electron chi connectivity index (χ0n) is 9.03. The van der Waals surface area contributed by atoms with Crippen LogP contribution in [0.4, 0.5) is 0 Å². The van der Waals surface area contributed by atoms with Gasteiger partial charge in [0.05, 0.1) is 5.92 Å². The summed E-state index contributed by atoms with van der Waals surface area (Å²) >= 11 is 3.49. The maximum absolute atomic E-state index is 10.9. The van der Waals surface area contributed by atoms with Gasteiger partial charge in [-0.25, -0.2) is 0 Å². The van der Waals surface area contributed by atoms with E-state index in [1.807, 2.05) is 6.92 Å². The van der Waals surface area contributed by atoms with Gasteiger partial charge in [-0.15, -0.1) is 0 Å². The van der Waals surface area contributed by atoms with Crippen molar-refractivity contribution in [3.05, 3.63) is 33.8 Å². The molecule has 1 aliphatic heterocycles. The van der Waals surface area contributed by atoms with Gasteiger partial charge >= 0.3 is 5.97 Å². The summed E-state index contributed by atoms with van der Waals surface area (Å²) in [6.07, 6.45) is 0.671. The number of carboxylic acids is 1. The fourth-order valence-electron chi connectivity index (χ4n) is 2.00. The monoisotopic (exact) mass is 283 g/mol. The van der Waals surface area contributed by atoms with Crippen LogP contribution in [0.15, 0.2) is 22.7 Å². The van der Waals surface area contributed by atoms with Crippen LogP contribution in [-0.4, -0.2) is 17.6 Å². The fourth-order valence-corrected chi connectivity index (χ4v) is 2.40. The molecule has 0 spiro atoms. The van der Waals surface area contributed by atoms with Crippen molar-refractivity contribution in [3.8, 4) is 0 Å². The van der Waals surface area contributed by atoms with Gasteiger partial charge in [0.2, 0.25) is 0 Å². The number of nitrogens with one attached hydrogen (secondary N) is 1.